The number of benzene rings is 1. The number of fused-ring (bicyclic) bond motifs is 3. The molecule has 4 heterocycles. The Hall–Kier alpha value is -3.23. The first-order valence-electron chi connectivity index (χ1n) is 10.7. The summed E-state index contributed by atoms with van der Waals surface area (Å²) in [5.74, 6) is 1.51. The SMILES string of the molecule is CC1CC(C)CN(C(=O)CN2C(=O)N3CCN=C3c3cnn(-c4ccc(F)cc4)c32)C1. The van der Waals surface area contributed by atoms with Gasteiger partial charge < -0.3 is 4.90 Å². The lowest BCUT2D eigenvalue weighted by atomic mass is 9.92. The Morgan fingerprint density at radius 1 is 1.16 bits per heavy atom. The number of hydrogen-bond acceptors (Lipinski definition) is 4. The minimum absolute atomic E-state index is 0.0675. The predicted octanol–water partition coefficient (Wildman–Crippen LogP) is 2.52. The van der Waals surface area contributed by atoms with Crippen molar-refractivity contribution in [3.8, 4) is 5.69 Å². The van der Waals surface area contributed by atoms with Gasteiger partial charge in [0, 0.05) is 19.6 Å². The Bertz CT molecular complexity index is 1050. The molecule has 5 rings (SSSR count). The molecule has 162 valence electrons. The Morgan fingerprint density at radius 2 is 1.87 bits per heavy atom. The van der Waals surface area contributed by atoms with Gasteiger partial charge in [0.25, 0.3) is 0 Å². The number of piperidine rings is 1. The van der Waals surface area contributed by atoms with Gasteiger partial charge in [-0.2, -0.15) is 5.10 Å². The zero-order chi connectivity index (χ0) is 21.7. The number of anilines is 1. The molecule has 0 bridgehead atoms. The highest BCUT2D eigenvalue weighted by Gasteiger charge is 2.42. The molecule has 1 aromatic heterocycles. The molecular weight excluding hydrogens is 399 g/mol. The number of carbonyl (C=O) groups excluding carboxylic acids is 2. The third kappa shape index (κ3) is 3.37. The third-order valence-electron chi connectivity index (χ3n) is 6.13. The second-order valence-electron chi connectivity index (χ2n) is 8.74. The van der Waals surface area contributed by atoms with Crippen LogP contribution >= 0.6 is 0 Å². The molecule has 3 aliphatic rings. The summed E-state index contributed by atoms with van der Waals surface area (Å²) in [4.78, 5) is 36.0. The predicted molar refractivity (Wildman–Crippen MR) is 114 cm³/mol. The molecule has 1 aromatic carbocycles. The molecule has 2 aromatic rings. The second-order valence-corrected chi connectivity index (χ2v) is 8.74. The summed E-state index contributed by atoms with van der Waals surface area (Å²) in [6.45, 7) is 6.63. The van der Waals surface area contributed by atoms with Crippen molar-refractivity contribution >= 4 is 23.6 Å². The molecule has 0 aliphatic carbocycles. The van der Waals surface area contributed by atoms with E-state index in [4.69, 9.17) is 0 Å². The lowest BCUT2D eigenvalue weighted by Crippen LogP contribution is -2.54. The summed E-state index contributed by atoms with van der Waals surface area (Å²) >= 11 is 0. The first-order chi connectivity index (χ1) is 14.9. The Kier molecular flexibility index (Phi) is 4.75. The molecule has 0 spiro atoms. The molecule has 9 heteroatoms. The van der Waals surface area contributed by atoms with Crippen LogP contribution in [0.2, 0.25) is 0 Å². The van der Waals surface area contributed by atoms with Gasteiger partial charge in [0.05, 0.1) is 24.0 Å². The maximum atomic E-state index is 13.5. The minimum Gasteiger partial charge on any atom is -0.341 e. The Morgan fingerprint density at radius 3 is 2.58 bits per heavy atom. The van der Waals surface area contributed by atoms with E-state index in [9.17, 15) is 14.0 Å². The molecule has 31 heavy (non-hydrogen) atoms. The molecule has 1 fully saturated rings. The van der Waals surface area contributed by atoms with E-state index in [0.717, 1.165) is 6.42 Å². The highest BCUT2D eigenvalue weighted by Crippen LogP contribution is 2.33. The molecule has 2 atom stereocenters. The van der Waals surface area contributed by atoms with Gasteiger partial charge >= 0.3 is 6.03 Å². The Balaban J connectivity index is 1.52. The van der Waals surface area contributed by atoms with Crippen LogP contribution in [0.1, 0.15) is 25.8 Å². The molecule has 1 saturated heterocycles. The van der Waals surface area contributed by atoms with Crippen molar-refractivity contribution in [1.29, 1.82) is 0 Å². The highest BCUT2D eigenvalue weighted by atomic mass is 19.1. The maximum absolute atomic E-state index is 13.5. The van der Waals surface area contributed by atoms with Gasteiger partial charge in [-0.15, -0.1) is 0 Å². The molecule has 2 unspecified atom stereocenters. The fourth-order valence-electron chi connectivity index (χ4n) is 4.88. The number of aliphatic imine (C=N–C) groups is 1. The summed E-state index contributed by atoms with van der Waals surface area (Å²) in [5.41, 5.74) is 1.31. The van der Waals surface area contributed by atoms with Crippen molar-refractivity contribution in [2.75, 3.05) is 37.6 Å². The number of carbonyl (C=O) groups is 2. The van der Waals surface area contributed by atoms with E-state index in [2.05, 4.69) is 23.9 Å². The van der Waals surface area contributed by atoms with Crippen LogP contribution in [0.5, 0.6) is 0 Å². The van der Waals surface area contributed by atoms with Crippen LogP contribution in [-0.4, -0.2) is 70.1 Å². The van der Waals surface area contributed by atoms with Gasteiger partial charge in [-0.3, -0.25) is 19.6 Å². The lowest BCUT2D eigenvalue weighted by Gasteiger charge is -2.38. The van der Waals surface area contributed by atoms with Crippen LogP contribution in [0, 0.1) is 17.7 Å². The Labute approximate surface area is 179 Å². The average molecular weight is 424 g/mol. The number of amides is 3. The van der Waals surface area contributed by atoms with E-state index in [1.165, 1.54) is 17.0 Å². The summed E-state index contributed by atoms with van der Waals surface area (Å²) < 4.78 is 15.0. The van der Waals surface area contributed by atoms with E-state index in [-0.39, 0.29) is 24.3 Å². The third-order valence-corrected chi connectivity index (χ3v) is 6.13. The standard InChI is InChI=1S/C22H25FN6O2/c1-14-9-15(2)12-26(11-14)19(30)13-28-21-18(20-24-7-8-27(20)22(28)31)10-25-29(21)17-5-3-16(23)4-6-17/h3-6,10,14-15H,7-9,11-13H2,1-2H3. The van der Waals surface area contributed by atoms with Crippen molar-refractivity contribution < 1.29 is 14.0 Å². The van der Waals surface area contributed by atoms with Crippen LogP contribution < -0.4 is 4.90 Å². The summed E-state index contributed by atoms with van der Waals surface area (Å²) in [6.07, 6.45) is 2.76. The molecule has 8 nitrogen and oxygen atoms in total. The summed E-state index contributed by atoms with van der Waals surface area (Å²) in [7, 11) is 0. The fraction of sp³-hybridized carbons (Fsp3) is 0.455. The molecule has 3 aliphatic heterocycles. The monoisotopic (exact) mass is 424 g/mol. The first kappa shape index (κ1) is 19.7. The molecule has 0 saturated carbocycles. The van der Waals surface area contributed by atoms with Crippen molar-refractivity contribution in [1.82, 2.24) is 19.6 Å². The van der Waals surface area contributed by atoms with E-state index >= 15 is 0 Å². The van der Waals surface area contributed by atoms with Gasteiger partial charge in [-0.05, 0) is 42.5 Å². The van der Waals surface area contributed by atoms with E-state index < -0.39 is 0 Å². The summed E-state index contributed by atoms with van der Waals surface area (Å²) in [5, 5.41) is 4.45. The van der Waals surface area contributed by atoms with Gasteiger partial charge in [0.15, 0.2) is 5.82 Å². The molecular formula is C22H25FN6O2. The fourth-order valence-corrected chi connectivity index (χ4v) is 4.88. The number of halogens is 1. The topological polar surface area (TPSA) is 74.0 Å². The smallest absolute Gasteiger partial charge is 0.331 e. The van der Waals surface area contributed by atoms with E-state index in [1.807, 2.05) is 4.90 Å². The number of hydrogen-bond donors (Lipinski definition) is 0. The van der Waals surface area contributed by atoms with Gasteiger partial charge in [-0.1, -0.05) is 13.8 Å². The first-order valence-corrected chi connectivity index (χ1v) is 10.7. The average Bonchev–Trinajstić information content (AvgIpc) is 3.38. The number of rotatable bonds is 3. The summed E-state index contributed by atoms with van der Waals surface area (Å²) in [6, 6.07) is 5.62. The van der Waals surface area contributed by atoms with Crippen LogP contribution in [0.15, 0.2) is 35.5 Å². The van der Waals surface area contributed by atoms with Gasteiger partial charge in [0.2, 0.25) is 5.91 Å². The van der Waals surface area contributed by atoms with Crippen molar-refractivity contribution in [2.45, 2.75) is 20.3 Å². The minimum atomic E-state index is -0.354. The lowest BCUT2D eigenvalue weighted by molar-refractivity contribution is -0.132. The largest absolute Gasteiger partial charge is 0.341 e. The van der Waals surface area contributed by atoms with Crippen molar-refractivity contribution in [3.63, 3.8) is 0 Å². The maximum Gasteiger partial charge on any atom is 0.331 e. The zero-order valence-corrected chi connectivity index (χ0v) is 17.7. The molecule has 0 radical (unpaired) electrons. The quantitative estimate of drug-likeness (QED) is 0.760. The number of aromatic nitrogens is 2. The second kappa shape index (κ2) is 7.47. The van der Waals surface area contributed by atoms with Crippen LogP contribution in [0.25, 0.3) is 5.69 Å². The van der Waals surface area contributed by atoms with E-state index in [0.29, 0.717) is 60.9 Å². The zero-order valence-electron chi connectivity index (χ0n) is 17.7. The van der Waals surface area contributed by atoms with Crippen molar-refractivity contribution in [3.05, 3.63) is 41.8 Å². The number of urea groups is 1. The normalized spacial score (nSPS) is 23.0. The highest BCUT2D eigenvalue weighted by molar-refractivity contribution is 6.20. The molecule has 0 N–H and O–H groups in total. The number of nitrogens with zero attached hydrogens (tertiary/aromatic N) is 6. The van der Waals surface area contributed by atoms with Crippen LogP contribution in [0.4, 0.5) is 15.0 Å². The number of amidine groups is 1. The van der Waals surface area contributed by atoms with Crippen LogP contribution in [-0.2, 0) is 4.79 Å². The number of likely N-dealkylation sites (tertiary alicyclic amines) is 1. The van der Waals surface area contributed by atoms with Crippen molar-refractivity contribution in [2.24, 2.45) is 16.8 Å². The molecule has 3 amide bonds. The van der Waals surface area contributed by atoms with Gasteiger partial charge in [0.1, 0.15) is 18.2 Å². The van der Waals surface area contributed by atoms with E-state index in [1.54, 1.807) is 27.9 Å². The van der Waals surface area contributed by atoms with Gasteiger partial charge in [-0.25, -0.2) is 13.9 Å². The van der Waals surface area contributed by atoms with Crippen LogP contribution in [0.3, 0.4) is 0 Å².